The van der Waals surface area contributed by atoms with E-state index in [-0.39, 0.29) is 5.41 Å². The lowest BCUT2D eigenvalue weighted by molar-refractivity contribution is 0.417. The molecule has 4 aromatic heterocycles. The summed E-state index contributed by atoms with van der Waals surface area (Å²) in [5.41, 5.74) is 6.41. The van der Waals surface area contributed by atoms with Crippen molar-refractivity contribution < 1.29 is 4.74 Å². The van der Waals surface area contributed by atoms with Crippen molar-refractivity contribution in [3.05, 3.63) is 84.2 Å². The Bertz CT molecular complexity index is 1540. The van der Waals surface area contributed by atoms with Gasteiger partial charge in [0.2, 0.25) is 0 Å². The van der Waals surface area contributed by atoms with Gasteiger partial charge in [-0.25, -0.2) is 9.20 Å². The number of fused-ring (bicyclic) bond motifs is 1. The van der Waals surface area contributed by atoms with Gasteiger partial charge in [0.05, 0.1) is 48.2 Å². The Labute approximate surface area is 198 Å². The number of benzene rings is 1. The molecule has 0 saturated carbocycles. The van der Waals surface area contributed by atoms with Gasteiger partial charge >= 0.3 is 0 Å². The number of pyridine rings is 1. The van der Waals surface area contributed by atoms with Crippen LogP contribution in [-0.2, 0) is 12.5 Å². The molecule has 0 atom stereocenters. The minimum Gasteiger partial charge on any atom is -0.494 e. The van der Waals surface area contributed by atoms with Gasteiger partial charge in [-0.2, -0.15) is 15.3 Å². The molecule has 5 aromatic rings. The van der Waals surface area contributed by atoms with Crippen LogP contribution in [0.2, 0.25) is 0 Å². The number of ether oxygens (including phenoxy) is 1. The molecule has 170 valence electrons. The van der Waals surface area contributed by atoms with Crippen LogP contribution in [0.25, 0.3) is 22.3 Å². The number of hydrogen-bond donors (Lipinski definition) is 0. The molecule has 0 aliphatic carbocycles. The molecule has 0 aliphatic rings. The van der Waals surface area contributed by atoms with Crippen LogP contribution in [-0.4, -0.2) is 36.3 Å². The van der Waals surface area contributed by atoms with Crippen LogP contribution in [0.15, 0.2) is 67.4 Å². The maximum atomic E-state index is 5.72. The highest BCUT2D eigenvalue weighted by Gasteiger charge is 2.24. The van der Waals surface area contributed by atoms with Crippen LogP contribution in [0, 0.1) is 11.8 Å². The van der Waals surface area contributed by atoms with Crippen molar-refractivity contribution >= 4 is 5.52 Å². The summed E-state index contributed by atoms with van der Waals surface area (Å²) >= 11 is 0. The normalized spacial score (nSPS) is 11.4. The van der Waals surface area contributed by atoms with E-state index in [0.717, 1.165) is 39.2 Å². The van der Waals surface area contributed by atoms with Crippen molar-refractivity contribution in [1.29, 1.82) is 0 Å². The van der Waals surface area contributed by atoms with Gasteiger partial charge in [-0.1, -0.05) is 50.8 Å². The molecule has 0 spiro atoms. The number of methoxy groups -OCH3 is 1. The van der Waals surface area contributed by atoms with Crippen LogP contribution < -0.4 is 4.74 Å². The average Bonchev–Trinajstić information content (AvgIpc) is 3.55. The highest BCUT2D eigenvalue weighted by Crippen LogP contribution is 2.30. The molecule has 0 saturated heterocycles. The van der Waals surface area contributed by atoms with Gasteiger partial charge in [0.15, 0.2) is 0 Å². The first-order valence-corrected chi connectivity index (χ1v) is 11.1. The summed E-state index contributed by atoms with van der Waals surface area (Å²) in [6.45, 7) is 6.52. The third kappa shape index (κ3) is 3.84. The Morgan fingerprint density at radius 3 is 2.26 bits per heavy atom. The first-order chi connectivity index (χ1) is 16.3. The fraction of sp³-hybridized carbons (Fsp3) is 0.222. The van der Waals surface area contributed by atoms with Crippen LogP contribution >= 0.6 is 0 Å². The molecule has 1 aromatic carbocycles. The molecule has 0 unspecified atom stereocenters. The standard InChI is InChI=1S/C27H26N6O/c1-27(2,3)26-20(15-30-33(26)23-9-7-6-8-10-23)12-11-19-14-29-32-18-21(13-24(34-5)25(19)32)22-16-28-31(4)17-22/h6-10,13-18H,1-5H3. The summed E-state index contributed by atoms with van der Waals surface area (Å²) in [6, 6.07) is 12.1. The van der Waals surface area contributed by atoms with Gasteiger partial charge in [-0.05, 0) is 18.2 Å². The molecule has 0 N–H and O–H groups in total. The first kappa shape index (κ1) is 21.5. The van der Waals surface area contributed by atoms with E-state index in [2.05, 4.69) is 60.0 Å². The largest absolute Gasteiger partial charge is 0.494 e. The second kappa shape index (κ2) is 8.23. The Hall–Kier alpha value is -4.31. The minimum absolute atomic E-state index is 0.145. The van der Waals surface area contributed by atoms with Gasteiger partial charge in [0.1, 0.15) is 11.3 Å². The van der Waals surface area contributed by atoms with Crippen molar-refractivity contribution in [1.82, 2.24) is 29.2 Å². The molecule has 0 radical (unpaired) electrons. The second-order valence-corrected chi connectivity index (χ2v) is 9.21. The lowest BCUT2D eigenvalue weighted by atomic mass is 9.89. The third-order valence-corrected chi connectivity index (χ3v) is 5.65. The highest BCUT2D eigenvalue weighted by atomic mass is 16.5. The molecule has 34 heavy (non-hydrogen) atoms. The highest BCUT2D eigenvalue weighted by molar-refractivity contribution is 5.75. The maximum absolute atomic E-state index is 5.72. The summed E-state index contributed by atoms with van der Waals surface area (Å²) in [6.07, 6.45) is 9.36. The molecule has 7 nitrogen and oxygen atoms in total. The molecule has 4 heterocycles. The Morgan fingerprint density at radius 2 is 1.59 bits per heavy atom. The predicted octanol–water partition coefficient (Wildman–Crippen LogP) is 4.63. The summed E-state index contributed by atoms with van der Waals surface area (Å²) in [5, 5.41) is 13.5. The molecular weight excluding hydrogens is 424 g/mol. The van der Waals surface area contributed by atoms with E-state index in [1.54, 1.807) is 18.0 Å². The van der Waals surface area contributed by atoms with E-state index in [4.69, 9.17) is 4.74 Å². The number of nitrogens with zero attached hydrogens (tertiary/aromatic N) is 6. The zero-order valence-electron chi connectivity index (χ0n) is 19.9. The van der Waals surface area contributed by atoms with Crippen molar-refractivity contribution in [3.63, 3.8) is 0 Å². The Morgan fingerprint density at radius 1 is 0.853 bits per heavy atom. The Kier molecular flexibility index (Phi) is 5.21. The number of aryl methyl sites for hydroxylation is 1. The number of hydrogen-bond acceptors (Lipinski definition) is 4. The molecule has 0 bridgehead atoms. The van der Waals surface area contributed by atoms with Crippen LogP contribution in [0.5, 0.6) is 5.75 Å². The van der Waals surface area contributed by atoms with E-state index in [9.17, 15) is 0 Å². The fourth-order valence-corrected chi connectivity index (χ4v) is 4.12. The van der Waals surface area contributed by atoms with Gasteiger partial charge in [0.25, 0.3) is 0 Å². The lowest BCUT2D eigenvalue weighted by Gasteiger charge is -2.21. The van der Waals surface area contributed by atoms with E-state index in [1.807, 2.05) is 65.3 Å². The maximum Gasteiger partial charge on any atom is 0.146 e. The molecule has 0 aliphatic heterocycles. The monoisotopic (exact) mass is 450 g/mol. The van der Waals surface area contributed by atoms with Gasteiger partial charge in [-0.3, -0.25) is 4.68 Å². The summed E-state index contributed by atoms with van der Waals surface area (Å²) in [7, 11) is 3.56. The third-order valence-electron chi connectivity index (χ3n) is 5.65. The van der Waals surface area contributed by atoms with E-state index >= 15 is 0 Å². The predicted molar refractivity (Wildman–Crippen MR) is 132 cm³/mol. The van der Waals surface area contributed by atoms with E-state index < -0.39 is 0 Å². The quantitative estimate of drug-likeness (QED) is 0.376. The van der Waals surface area contributed by atoms with Crippen LogP contribution in [0.4, 0.5) is 0 Å². The number of para-hydroxylation sites is 1. The molecule has 0 fully saturated rings. The number of rotatable bonds is 3. The van der Waals surface area contributed by atoms with E-state index in [1.165, 1.54) is 0 Å². The van der Waals surface area contributed by atoms with Crippen molar-refractivity contribution in [3.8, 4) is 34.4 Å². The smallest absolute Gasteiger partial charge is 0.146 e. The lowest BCUT2D eigenvalue weighted by Crippen LogP contribution is -2.18. The molecule has 0 amide bonds. The molecular formula is C27H26N6O. The van der Waals surface area contributed by atoms with Crippen LogP contribution in [0.3, 0.4) is 0 Å². The SMILES string of the molecule is COc1cc(-c2cnn(C)c2)cn2ncc(C#Cc3cnn(-c4ccccc4)c3C(C)(C)C)c12. The average molecular weight is 451 g/mol. The van der Waals surface area contributed by atoms with Gasteiger partial charge in [-0.15, -0.1) is 0 Å². The first-order valence-electron chi connectivity index (χ1n) is 11.1. The molecule has 5 rings (SSSR count). The van der Waals surface area contributed by atoms with E-state index in [0.29, 0.717) is 5.75 Å². The fourth-order valence-electron chi connectivity index (χ4n) is 4.12. The minimum atomic E-state index is -0.145. The summed E-state index contributed by atoms with van der Waals surface area (Å²) < 4.78 is 11.3. The number of aromatic nitrogens is 6. The van der Waals surface area contributed by atoms with Gasteiger partial charge in [0, 0.05) is 36.0 Å². The zero-order chi connectivity index (χ0) is 23.9. The van der Waals surface area contributed by atoms with Crippen molar-refractivity contribution in [2.45, 2.75) is 26.2 Å². The topological polar surface area (TPSA) is 62.2 Å². The van der Waals surface area contributed by atoms with Crippen molar-refractivity contribution in [2.75, 3.05) is 7.11 Å². The van der Waals surface area contributed by atoms with Crippen LogP contribution in [0.1, 0.15) is 37.6 Å². The molecule has 7 heteroatoms. The zero-order valence-corrected chi connectivity index (χ0v) is 19.9. The summed E-state index contributed by atoms with van der Waals surface area (Å²) in [5.74, 6) is 7.37. The Balaban J connectivity index is 1.60. The van der Waals surface area contributed by atoms with Gasteiger partial charge < -0.3 is 4.74 Å². The van der Waals surface area contributed by atoms with Crippen molar-refractivity contribution in [2.24, 2.45) is 7.05 Å². The second-order valence-electron chi connectivity index (χ2n) is 9.21. The summed E-state index contributed by atoms with van der Waals surface area (Å²) in [4.78, 5) is 0.